The van der Waals surface area contributed by atoms with Gasteiger partial charge in [-0.25, -0.2) is 9.78 Å². The Labute approximate surface area is 224 Å². The van der Waals surface area contributed by atoms with Crippen molar-refractivity contribution in [2.24, 2.45) is 0 Å². The van der Waals surface area contributed by atoms with Crippen LogP contribution in [0.3, 0.4) is 0 Å². The van der Waals surface area contributed by atoms with E-state index in [0.29, 0.717) is 33.1 Å². The molecule has 0 unspecified atom stereocenters. The van der Waals surface area contributed by atoms with Crippen molar-refractivity contribution < 1.29 is 14.7 Å². The smallest absolute Gasteiger partial charge is 0.336 e. The first kappa shape index (κ1) is 25.2. The van der Waals surface area contributed by atoms with Gasteiger partial charge >= 0.3 is 5.97 Å². The molecule has 1 amide bonds. The number of nitrogens with zero attached hydrogens (tertiary/aromatic N) is 2. The van der Waals surface area contributed by atoms with E-state index in [2.05, 4.69) is 27.2 Å². The fourth-order valence-electron chi connectivity index (χ4n) is 4.60. The maximum absolute atomic E-state index is 13.2. The quantitative estimate of drug-likeness (QED) is 0.204. The van der Waals surface area contributed by atoms with Crippen LogP contribution in [0.5, 0.6) is 0 Å². The van der Waals surface area contributed by atoms with E-state index in [1.54, 1.807) is 36.7 Å². The van der Waals surface area contributed by atoms with Crippen LogP contribution in [0, 0.1) is 0 Å². The van der Waals surface area contributed by atoms with E-state index in [1.165, 1.54) is 6.07 Å². The number of rotatable bonds is 8. The number of nitrogens with one attached hydrogen (secondary N) is 2. The fourth-order valence-corrected chi connectivity index (χ4v) is 4.87. The number of H-pyrrole nitrogens is 1. The summed E-state index contributed by atoms with van der Waals surface area (Å²) in [6.07, 6.45) is 4.96. The first-order valence-corrected chi connectivity index (χ1v) is 12.7. The lowest BCUT2D eigenvalue weighted by molar-refractivity contribution is 0.0697. The second-order valence-corrected chi connectivity index (χ2v) is 9.34. The second kappa shape index (κ2) is 10.9. The van der Waals surface area contributed by atoms with Gasteiger partial charge in [0.2, 0.25) is 0 Å². The minimum Gasteiger partial charge on any atom is -0.478 e. The van der Waals surface area contributed by atoms with Gasteiger partial charge in [-0.1, -0.05) is 73.5 Å². The maximum atomic E-state index is 13.2. The number of benzene rings is 3. The van der Waals surface area contributed by atoms with Gasteiger partial charge in [0, 0.05) is 27.9 Å². The van der Waals surface area contributed by atoms with Gasteiger partial charge in [0.15, 0.2) is 0 Å². The molecule has 1 atom stereocenters. The Morgan fingerprint density at radius 3 is 2.58 bits per heavy atom. The third kappa shape index (κ3) is 5.01. The Kier molecular flexibility index (Phi) is 7.20. The number of carboxylic acid groups (broad SMARTS) is 1. The van der Waals surface area contributed by atoms with E-state index in [4.69, 9.17) is 11.6 Å². The van der Waals surface area contributed by atoms with E-state index < -0.39 is 5.97 Å². The molecule has 0 bridgehead atoms. The van der Waals surface area contributed by atoms with Crippen LogP contribution in [-0.4, -0.2) is 31.9 Å². The summed E-state index contributed by atoms with van der Waals surface area (Å²) in [4.78, 5) is 37.6. The molecule has 0 aliphatic heterocycles. The van der Waals surface area contributed by atoms with Gasteiger partial charge in [-0.2, -0.15) is 0 Å². The lowest BCUT2D eigenvalue weighted by Crippen LogP contribution is -2.28. The molecule has 5 aromatic rings. The minimum absolute atomic E-state index is 0.0310. The van der Waals surface area contributed by atoms with Gasteiger partial charge in [0.25, 0.3) is 5.91 Å². The zero-order chi connectivity index (χ0) is 26.6. The van der Waals surface area contributed by atoms with Gasteiger partial charge in [-0.3, -0.25) is 9.78 Å². The number of carbonyl (C=O) groups excluding carboxylic acids is 1. The molecule has 0 aliphatic carbocycles. The monoisotopic (exact) mass is 524 g/mol. The third-order valence-corrected chi connectivity index (χ3v) is 6.74. The number of pyridine rings is 1. The number of halogens is 1. The summed E-state index contributed by atoms with van der Waals surface area (Å²) in [5.74, 6) is -0.970. The molecule has 0 saturated carbocycles. The molecule has 3 N–H and O–H groups in total. The molecule has 3 aromatic carbocycles. The zero-order valence-corrected chi connectivity index (χ0v) is 21.4. The van der Waals surface area contributed by atoms with Crippen molar-refractivity contribution in [2.45, 2.75) is 25.8 Å². The molecular weight excluding hydrogens is 500 g/mol. The number of amides is 1. The number of fused-ring (bicyclic) bond motifs is 1. The molecule has 2 aromatic heterocycles. The van der Waals surface area contributed by atoms with E-state index in [1.807, 2.05) is 42.5 Å². The molecular formula is C30H25ClN4O3. The molecule has 0 aliphatic rings. The topological polar surface area (TPSA) is 108 Å². The molecule has 0 fully saturated rings. The van der Waals surface area contributed by atoms with E-state index in [0.717, 1.165) is 23.9 Å². The van der Waals surface area contributed by atoms with Crippen LogP contribution in [0.4, 0.5) is 0 Å². The number of aromatic carboxylic acids is 1. The van der Waals surface area contributed by atoms with Crippen molar-refractivity contribution in [2.75, 3.05) is 0 Å². The first-order chi connectivity index (χ1) is 18.5. The number of carbonyl (C=O) groups is 2. The third-order valence-electron chi connectivity index (χ3n) is 6.42. The summed E-state index contributed by atoms with van der Waals surface area (Å²) in [6, 6.07) is 21.3. The van der Waals surface area contributed by atoms with Crippen molar-refractivity contribution in [3.63, 3.8) is 0 Å². The van der Waals surface area contributed by atoms with Crippen LogP contribution in [0.15, 0.2) is 85.2 Å². The van der Waals surface area contributed by atoms with E-state index in [9.17, 15) is 14.7 Å². The van der Waals surface area contributed by atoms with Gasteiger partial charge in [0.05, 0.1) is 23.3 Å². The number of aromatic amines is 1. The molecule has 0 saturated heterocycles. The largest absolute Gasteiger partial charge is 0.478 e. The van der Waals surface area contributed by atoms with Crippen LogP contribution >= 0.6 is 11.6 Å². The lowest BCUT2D eigenvalue weighted by Gasteiger charge is -2.19. The number of hydrogen-bond donors (Lipinski definition) is 3. The van der Waals surface area contributed by atoms with Gasteiger partial charge in [0.1, 0.15) is 11.3 Å². The molecule has 7 nitrogen and oxygen atoms in total. The van der Waals surface area contributed by atoms with Crippen molar-refractivity contribution in [1.82, 2.24) is 20.3 Å². The predicted molar refractivity (Wildman–Crippen MR) is 148 cm³/mol. The first-order valence-electron chi connectivity index (χ1n) is 12.3. The van der Waals surface area contributed by atoms with Crippen molar-refractivity contribution >= 4 is 34.5 Å². The van der Waals surface area contributed by atoms with Gasteiger partial charge in [-0.15, -0.1) is 0 Å². The zero-order valence-electron chi connectivity index (χ0n) is 20.6. The highest BCUT2D eigenvalue weighted by molar-refractivity contribution is 6.34. The minimum atomic E-state index is -1.16. The highest BCUT2D eigenvalue weighted by atomic mass is 35.5. The van der Waals surface area contributed by atoms with Crippen LogP contribution in [0.2, 0.25) is 5.02 Å². The standard InChI is InChI=1S/C30H25ClN4O3/c1-2-7-24(18-8-4-3-5-9-18)35-29(36)19-12-13-20(22(16-19)30(37)38)27-21(10-6-11-23(27)31)28-33-25-14-15-32-17-26(25)34-28/h3-6,8-17,24H,2,7H2,1H3,(H,33,34)(H,35,36)(H,37,38)/t24-/m1/s1. The normalized spacial score (nSPS) is 11.8. The second-order valence-electron chi connectivity index (χ2n) is 8.93. The summed E-state index contributed by atoms with van der Waals surface area (Å²) in [6.45, 7) is 2.05. The Bertz CT molecular complexity index is 1600. The Morgan fingerprint density at radius 1 is 1.03 bits per heavy atom. The van der Waals surface area contributed by atoms with E-state index in [-0.39, 0.29) is 23.1 Å². The van der Waals surface area contributed by atoms with Crippen molar-refractivity contribution in [3.05, 3.63) is 107 Å². The molecule has 8 heteroatoms. The molecule has 5 rings (SSSR count). The van der Waals surface area contributed by atoms with Crippen LogP contribution in [-0.2, 0) is 0 Å². The summed E-state index contributed by atoms with van der Waals surface area (Å²) in [5.41, 5.74) is 4.24. The molecule has 190 valence electrons. The van der Waals surface area contributed by atoms with Crippen LogP contribution in [0.25, 0.3) is 33.5 Å². The number of aromatic nitrogens is 3. The van der Waals surface area contributed by atoms with E-state index >= 15 is 0 Å². The number of imidazole rings is 1. The molecule has 0 spiro atoms. The summed E-state index contributed by atoms with van der Waals surface area (Å²) in [7, 11) is 0. The Balaban J connectivity index is 1.55. The van der Waals surface area contributed by atoms with Gasteiger partial charge in [-0.05, 0) is 41.8 Å². The number of carboxylic acids is 1. The molecule has 38 heavy (non-hydrogen) atoms. The number of hydrogen-bond acceptors (Lipinski definition) is 4. The Hall–Kier alpha value is -4.49. The Morgan fingerprint density at radius 2 is 1.84 bits per heavy atom. The summed E-state index contributed by atoms with van der Waals surface area (Å²) in [5, 5.41) is 13.6. The summed E-state index contributed by atoms with van der Waals surface area (Å²) < 4.78 is 0. The van der Waals surface area contributed by atoms with Gasteiger partial charge < -0.3 is 15.4 Å². The highest BCUT2D eigenvalue weighted by Gasteiger charge is 2.22. The average Bonchev–Trinajstić information content (AvgIpc) is 3.37. The molecule has 2 heterocycles. The predicted octanol–water partition coefficient (Wildman–Crippen LogP) is 6.91. The average molecular weight is 525 g/mol. The lowest BCUT2D eigenvalue weighted by atomic mass is 9.93. The van der Waals surface area contributed by atoms with Crippen LogP contribution in [0.1, 0.15) is 52.1 Å². The van der Waals surface area contributed by atoms with Crippen molar-refractivity contribution in [3.8, 4) is 22.5 Å². The fraction of sp³-hybridized carbons (Fsp3) is 0.133. The maximum Gasteiger partial charge on any atom is 0.336 e. The molecule has 0 radical (unpaired) electrons. The SMILES string of the molecule is CCC[C@@H](NC(=O)c1ccc(-c2c(Cl)cccc2-c2nc3cnccc3[nH]2)c(C(=O)O)c1)c1ccccc1. The van der Waals surface area contributed by atoms with Crippen LogP contribution < -0.4 is 5.32 Å². The highest BCUT2D eigenvalue weighted by Crippen LogP contribution is 2.39. The summed E-state index contributed by atoms with van der Waals surface area (Å²) >= 11 is 6.64. The van der Waals surface area contributed by atoms with Crippen molar-refractivity contribution in [1.29, 1.82) is 0 Å².